The number of benzene rings is 1. The molecule has 3 nitrogen and oxygen atoms in total. The van der Waals surface area contributed by atoms with Gasteiger partial charge in [-0.2, -0.15) is 0 Å². The van der Waals surface area contributed by atoms with Crippen molar-refractivity contribution in [3.8, 4) is 0 Å². The average Bonchev–Trinajstić information content (AvgIpc) is 2.30. The van der Waals surface area contributed by atoms with Crippen LogP contribution < -0.4 is 0 Å². The summed E-state index contributed by atoms with van der Waals surface area (Å²) >= 11 is 0. The van der Waals surface area contributed by atoms with Crippen LogP contribution in [0.15, 0.2) is 23.1 Å². The Labute approximate surface area is 102 Å². The summed E-state index contributed by atoms with van der Waals surface area (Å²) < 4.78 is 23.7. The van der Waals surface area contributed by atoms with Crippen LogP contribution in [-0.4, -0.2) is 25.9 Å². The maximum absolute atomic E-state index is 11.8. The molecule has 0 spiro atoms. The molecule has 0 amide bonds. The molecule has 1 N–H and O–H groups in total. The molecule has 2 rings (SSSR count). The van der Waals surface area contributed by atoms with Gasteiger partial charge >= 0.3 is 0 Å². The van der Waals surface area contributed by atoms with Gasteiger partial charge in [-0.05, 0) is 36.5 Å². The lowest BCUT2D eigenvalue weighted by Gasteiger charge is -2.19. The quantitative estimate of drug-likeness (QED) is 0.896. The molecule has 0 fully saturated rings. The Bertz CT molecular complexity index is 501. The highest BCUT2D eigenvalue weighted by molar-refractivity contribution is 7.91. The second kappa shape index (κ2) is 4.78. The Hall–Kier alpha value is -0.870. The molecule has 0 saturated carbocycles. The Morgan fingerprint density at radius 3 is 2.82 bits per heavy atom. The van der Waals surface area contributed by atoms with E-state index in [1.54, 1.807) is 6.07 Å². The first-order valence-electron chi connectivity index (χ1n) is 6.05. The van der Waals surface area contributed by atoms with Crippen molar-refractivity contribution in [1.29, 1.82) is 0 Å². The van der Waals surface area contributed by atoms with E-state index in [1.807, 2.05) is 19.1 Å². The highest BCUT2D eigenvalue weighted by atomic mass is 32.2. The fourth-order valence-electron chi connectivity index (χ4n) is 2.38. The van der Waals surface area contributed by atoms with E-state index in [9.17, 15) is 13.5 Å². The van der Waals surface area contributed by atoms with Gasteiger partial charge in [-0.25, -0.2) is 8.42 Å². The average molecular weight is 254 g/mol. The molecular weight excluding hydrogens is 236 g/mol. The van der Waals surface area contributed by atoms with Gasteiger partial charge < -0.3 is 5.11 Å². The summed E-state index contributed by atoms with van der Waals surface area (Å²) in [4.78, 5) is 0.486. The van der Waals surface area contributed by atoms with Crippen molar-refractivity contribution in [2.75, 3.05) is 12.4 Å². The second-order valence-corrected chi connectivity index (χ2v) is 6.65. The summed E-state index contributed by atoms with van der Waals surface area (Å²) in [5, 5.41) is 9.27. The van der Waals surface area contributed by atoms with E-state index in [4.69, 9.17) is 0 Å². The molecule has 1 heterocycles. The minimum atomic E-state index is -3.06. The molecule has 0 bridgehead atoms. The van der Waals surface area contributed by atoms with Gasteiger partial charge in [-0.1, -0.05) is 19.1 Å². The zero-order chi connectivity index (χ0) is 12.5. The summed E-state index contributed by atoms with van der Waals surface area (Å²) in [6.07, 6.45) is 2.39. The van der Waals surface area contributed by atoms with Gasteiger partial charge in [-0.3, -0.25) is 0 Å². The molecule has 94 valence electrons. The van der Waals surface area contributed by atoms with Gasteiger partial charge in [0.25, 0.3) is 0 Å². The van der Waals surface area contributed by atoms with Gasteiger partial charge in [0.1, 0.15) is 0 Å². The normalized spacial score (nSPS) is 19.6. The summed E-state index contributed by atoms with van der Waals surface area (Å²) in [7, 11) is -3.06. The number of hydrogen-bond acceptors (Lipinski definition) is 3. The molecule has 0 aromatic heterocycles. The molecule has 1 aliphatic rings. The van der Waals surface area contributed by atoms with Gasteiger partial charge in [0.05, 0.1) is 10.6 Å². The van der Waals surface area contributed by atoms with E-state index in [2.05, 4.69) is 0 Å². The minimum Gasteiger partial charge on any atom is -0.396 e. The lowest BCUT2D eigenvalue weighted by Crippen LogP contribution is -2.16. The second-order valence-electron chi connectivity index (χ2n) is 4.58. The van der Waals surface area contributed by atoms with Crippen molar-refractivity contribution in [3.63, 3.8) is 0 Å². The van der Waals surface area contributed by atoms with E-state index >= 15 is 0 Å². The molecule has 0 radical (unpaired) electrons. The fraction of sp³-hybridized carbons (Fsp3) is 0.538. The lowest BCUT2D eigenvalue weighted by molar-refractivity contribution is 0.262. The van der Waals surface area contributed by atoms with Gasteiger partial charge in [0.2, 0.25) is 0 Å². The number of fused-ring (bicyclic) bond motifs is 1. The van der Waals surface area contributed by atoms with Crippen LogP contribution in [0.1, 0.15) is 36.8 Å². The van der Waals surface area contributed by atoms with Crippen LogP contribution in [-0.2, 0) is 16.3 Å². The van der Waals surface area contributed by atoms with Crippen LogP contribution in [0.5, 0.6) is 0 Å². The van der Waals surface area contributed by atoms with Crippen LogP contribution in [0.25, 0.3) is 0 Å². The Morgan fingerprint density at radius 1 is 1.41 bits per heavy atom. The van der Waals surface area contributed by atoms with E-state index in [-0.39, 0.29) is 18.3 Å². The third-order valence-electron chi connectivity index (χ3n) is 3.46. The van der Waals surface area contributed by atoms with Gasteiger partial charge in [0.15, 0.2) is 9.84 Å². The maximum atomic E-state index is 11.8. The number of aliphatic hydroxyl groups is 1. The van der Waals surface area contributed by atoms with Crippen molar-refractivity contribution in [2.45, 2.75) is 37.0 Å². The predicted octanol–water partition coefficient (Wildman–Crippen LogP) is 1.89. The monoisotopic (exact) mass is 254 g/mol. The first-order valence-corrected chi connectivity index (χ1v) is 7.70. The smallest absolute Gasteiger partial charge is 0.178 e. The summed E-state index contributed by atoms with van der Waals surface area (Å²) in [6, 6.07) is 5.50. The fourth-order valence-corrected chi connectivity index (χ4v) is 3.97. The van der Waals surface area contributed by atoms with Crippen LogP contribution in [0, 0.1) is 0 Å². The number of rotatable bonds is 3. The minimum absolute atomic E-state index is 0.113. The van der Waals surface area contributed by atoms with Crippen LogP contribution >= 0.6 is 0 Å². The van der Waals surface area contributed by atoms with Crippen LogP contribution in [0.4, 0.5) is 0 Å². The number of hydrogen-bond donors (Lipinski definition) is 1. The molecule has 1 aliphatic heterocycles. The molecule has 4 heteroatoms. The Morgan fingerprint density at radius 2 is 2.18 bits per heavy atom. The highest BCUT2D eigenvalue weighted by Crippen LogP contribution is 2.29. The molecule has 0 saturated heterocycles. The largest absolute Gasteiger partial charge is 0.396 e. The number of sulfone groups is 1. The van der Waals surface area contributed by atoms with Crippen molar-refractivity contribution < 1.29 is 13.5 Å². The van der Waals surface area contributed by atoms with Crippen molar-refractivity contribution >= 4 is 9.84 Å². The van der Waals surface area contributed by atoms with Crippen molar-refractivity contribution in [1.82, 2.24) is 0 Å². The van der Waals surface area contributed by atoms with Gasteiger partial charge in [0, 0.05) is 12.5 Å². The van der Waals surface area contributed by atoms with E-state index < -0.39 is 9.84 Å². The number of aryl methyl sites for hydroxylation is 1. The standard InChI is InChI=1S/C13H18O3S/c1-2-10(9-14)11-5-6-13-12(8-11)4-3-7-17(13,15)16/h5-6,8,10,14H,2-4,7,9H2,1H3. The summed E-state index contributed by atoms with van der Waals surface area (Å²) in [5.41, 5.74) is 1.96. The zero-order valence-electron chi connectivity index (χ0n) is 10.0. The third kappa shape index (κ3) is 2.38. The highest BCUT2D eigenvalue weighted by Gasteiger charge is 2.24. The lowest BCUT2D eigenvalue weighted by atomic mass is 9.94. The van der Waals surface area contributed by atoms with E-state index in [0.29, 0.717) is 11.3 Å². The molecular formula is C13H18O3S. The SMILES string of the molecule is CCC(CO)c1ccc2c(c1)CCCS2(=O)=O. The maximum Gasteiger partial charge on any atom is 0.178 e. The number of aliphatic hydroxyl groups excluding tert-OH is 1. The van der Waals surface area contributed by atoms with Crippen LogP contribution in [0.3, 0.4) is 0 Å². The first kappa shape index (κ1) is 12.6. The molecule has 0 aliphatic carbocycles. The predicted molar refractivity (Wildman–Crippen MR) is 66.9 cm³/mol. The van der Waals surface area contributed by atoms with Crippen LogP contribution in [0.2, 0.25) is 0 Å². The molecule has 1 atom stereocenters. The Kier molecular flexibility index (Phi) is 3.54. The van der Waals surface area contributed by atoms with E-state index in [0.717, 1.165) is 24.0 Å². The van der Waals surface area contributed by atoms with E-state index in [1.165, 1.54) is 0 Å². The topological polar surface area (TPSA) is 54.4 Å². The zero-order valence-corrected chi connectivity index (χ0v) is 10.8. The molecule has 1 aromatic carbocycles. The van der Waals surface area contributed by atoms with Gasteiger partial charge in [-0.15, -0.1) is 0 Å². The summed E-state index contributed by atoms with van der Waals surface area (Å²) in [5.74, 6) is 0.376. The van der Waals surface area contributed by atoms with Crippen molar-refractivity contribution in [3.05, 3.63) is 29.3 Å². The third-order valence-corrected chi connectivity index (χ3v) is 5.36. The molecule has 1 aromatic rings. The first-order chi connectivity index (χ1) is 8.08. The van der Waals surface area contributed by atoms with Crippen molar-refractivity contribution in [2.24, 2.45) is 0 Å². The summed E-state index contributed by atoms with van der Waals surface area (Å²) in [6.45, 7) is 2.14. The Balaban J connectivity index is 2.44. The molecule has 17 heavy (non-hydrogen) atoms. The molecule has 1 unspecified atom stereocenters.